The molecule has 2 rings (SSSR count). The van der Waals surface area contributed by atoms with Gasteiger partial charge in [-0.15, -0.1) is 12.4 Å². The lowest BCUT2D eigenvalue weighted by Crippen LogP contribution is -2.30. The number of amides is 1. The van der Waals surface area contributed by atoms with Gasteiger partial charge in [0, 0.05) is 12.6 Å². The SMILES string of the molecule is COc1ccc(OC)c(C(=O)NCC[C@H]2CCCN2)c1.Cl. The van der Waals surface area contributed by atoms with Crippen LogP contribution in [0.2, 0.25) is 0 Å². The number of hydrogen-bond donors (Lipinski definition) is 2. The van der Waals surface area contributed by atoms with Crippen molar-refractivity contribution < 1.29 is 14.3 Å². The van der Waals surface area contributed by atoms with Crippen molar-refractivity contribution in [1.82, 2.24) is 10.6 Å². The summed E-state index contributed by atoms with van der Waals surface area (Å²) >= 11 is 0. The van der Waals surface area contributed by atoms with Gasteiger partial charge < -0.3 is 20.1 Å². The predicted molar refractivity (Wildman–Crippen MR) is 84.8 cm³/mol. The van der Waals surface area contributed by atoms with E-state index in [0.29, 0.717) is 29.6 Å². The van der Waals surface area contributed by atoms with E-state index in [1.807, 2.05) is 0 Å². The first kappa shape index (κ1) is 17.6. The third-order valence-corrected chi connectivity index (χ3v) is 3.59. The van der Waals surface area contributed by atoms with Crippen molar-refractivity contribution in [2.45, 2.75) is 25.3 Å². The van der Waals surface area contributed by atoms with E-state index in [1.165, 1.54) is 12.8 Å². The number of benzene rings is 1. The van der Waals surface area contributed by atoms with Crippen LogP contribution in [0.4, 0.5) is 0 Å². The molecule has 0 unspecified atom stereocenters. The van der Waals surface area contributed by atoms with Crippen LogP contribution >= 0.6 is 12.4 Å². The van der Waals surface area contributed by atoms with Crippen molar-refractivity contribution >= 4 is 18.3 Å². The molecule has 1 aliphatic rings. The Morgan fingerprint density at radius 1 is 1.38 bits per heavy atom. The Hall–Kier alpha value is -1.46. The maximum atomic E-state index is 12.2. The van der Waals surface area contributed by atoms with E-state index < -0.39 is 0 Å². The molecule has 118 valence electrons. The van der Waals surface area contributed by atoms with Gasteiger partial charge in [-0.2, -0.15) is 0 Å². The molecule has 1 fully saturated rings. The van der Waals surface area contributed by atoms with E-state index in [2.05, 4.69) is 10.6 Å². The topological polar surface area (TPSA) is 59.6 Å². The van der Waals surface area contributed by atoms with E-state index >= 15 is 0 Å². The molecule has 0 aromatic heterocycles. The first-order chi connectivity index (χ1) is 9.74. The Labute approximate surface area is 131 Å². The number of carbonyl (C=O) groups excluding carboxylic acids is 1. The third kappa shape index (κ3) is 4.79. The molecule has 1 amide bonds. The second-order valence-electron chi connectivity index (χ2n) is 4.90. The molecule has 0 bridgehead atoms. The number of ether oxygens (including phenoxy) is 2. The summed E-state index contributed by atoms with van der Waals surface area (Å²) in [6.07, 6.45) is 3.37. The van der Waals surface area contributed by atoms with Crippen molar-refractivity contribution in [1.29, 1.82) is 0 Å². The number of rotatable bonds is 6. The fraction of sp³-hybridized carbons (Fsp3) is 0.533. The van der Waals surface area contributed by atoms with Crippen LogP contribution in [0.25, 0.3) is 0 Å². The predicted octanol–water partition coefficient (Wildman–Crippen LogP) is 2.00. The Kier molecular flexibility index (Phi) is 7.32. The van der Waals surface area contributed by atoms with Crippen molar-refractivity contribution in [3.63, 3.8) is 0 Å². The lowest BCUT2D eigenvalue weighted by molar-refractivity contribution is 0.0949. The summed E-state index contributed by atoms with van der Waals surface area (Å²) < 4.78 is 10.4. The summed E-state index contributed by atoms with van der Waals surface area (Å²) in [4.78, 5) is 12.2. The molecule has 21 heavy (non-hydrogen) atoms. The average Bonchev–Trinajstić information content (AvgIpc) is 2.99. The quantitative estimate of drug-likeness (QED) is 0.843. The number of nitrogens with one attached hydrogen (secondary N) is 2. The average molecular weight is 315 g/mol. The summed E-state index contributed by atoms with van der Waals surface area (Å²) in [6.45, 7) is 1.75. The van der Waals surface area contributed by atoms with Gasteiger partial charge in [-0.05, 0) is 44.0 Å². The van der Waals surface area contributed by atoms with Crippen LogP contribution in [0.3, 0.4) is 0 Å². The van der Waals surface area contributed by atoms with Crippen LogP contribution in [0.1, 0.15) is 29.6 Å². The first-order valence-corrected chi connectivity index (χ1v) is 6.98. The lowest BCUT2D eigenvalue weighted by atomic mass is 10.1. The summed E-state index contributed by atoms with van der Waals surface area (Å²) in [5.41, 5.74) is 0.506. The Morgan fingerprint density at radius 3 is 2.81 bits per heavy atom. The second-order valence-corrected chi connectivity index (χ2v) is 4.90. The van der Waals surface area contributed by atoms with Gasteiger partial charge >= 0.3 is 0 Å². The minimum atomic E-state index is -0.126. The number of halogens is 1. The van der Waals surface area contributed by atoms with Crippen LogP contribution in [0, 0.1) is 0 Å². The van der Waals surface area contributed by atoms with E-state index in [0.717, 1.165) is 13.0 Å². The van der Waals surface area contributed by atoms with Gasteiger partial charge in [0.05, 0.1) is 19.8 Å². The van der Waals surface area contributed by atoms with Gasteiger partial charge in [0.2, 0.25) is 0 Å². The van der Waals surface area contributed by atoms with E-state index in [4.69, 9.17) is 9.47 Å². The van der Waals surface area contributed by atoms with E-state index in [-0.39, 0.29) is 18.3 Å². The van der Waals surface area contributed by atoms with Gasteiger partial charge in [-0.25, -0.2) is 0 Å². The molecule has 1 aromatic rings. The second kappa shape index (κ2) is 8.74. The zero-order chi connectivity index (χ0) is 14.4. The van der Waals surface area contributed by atoms with Gasteiger partial charge in [0.1, 0.15) is 11.5 Å². The minimum Gasteiger partial charge on any atom is -0.497 e. The molecule has 1 aromatic carbocycles. The van der Waals surface area contributed by atoms with Crippen molar-refractivity contribution in [2.75, 3.05) is 27.3 Å². The van der Waals surface area contributed by atoms with Crippen LogP contribution in [0.5, 0.6) is 11.5 Å². The summed E-state index contributed by atoms with van der Waals surface area (Å²) in [7, 11) is 3.14. The monoisotopic (exact) mass is 314 g/mol. The molecule has 5 nitrogen and oxygen atoms in total. The zero-order valence-corrected chi connectivity index (χ0v) is 13.3. The fourth-order valence-corrected chi connectivity index (χ4v) is 2.45. The smallest absolute Gasteiger partial charge is 0.255 e. The molecule has 1 atom stereocenters. The highest BCUT2D eigenvalue weighted by atomic mass is 35.5. The maximum Gasteiger partial charge on any atom is 0.255 e. The number of carbonyl (C=O) groups is 1. The summed E-state index contributed by atoms with van der Waals surface area (Å²) in [5.74, 6) is 1.08. The Bertz CT molecular complexity index is 462. The fourth-order valence-electron chi connectivity index (χ4n) is 2.45. The molecule has 1 saturated heterocycles. The van der Waals surface area contributed by atoms with Gasteiger partial charge in [-0.1, -0.05) is 0 Å². The third-order valence-electron chi connectivity index (χ3n) is 3.59. The van der Waals surface area contributed by atoms with Crippen LogP contribution in [0.15, 0.2) is 18.2 Å². The van der Waals surface area contributed by atoms with Crippen LogP contribution in [-0.2, 0) is 0 Å². The zero-order valence-electron chi connectivity index (χ0n) is 12.5. The van der Waals surface area contributed by atoms with Crippen LogP contribution in [-0.4, -0.2) is 39.3 Å². The molecule has 2 N–H and O–H groups in total. The van der Waals surface area contributed by atoms with Gasteiger partial charge in [0.25, 0.3) is 5.91 Å². The molecule has 0 aliphatic carbocycles. The molecule has 1 heterocycles. The molecular weight excluding hydrogens is 292 g/mol. The molecule has 0 saturated carbocycles. The molecule has 0 spiro atoms. The number of methoxy groups -OCH3 is 2. The van der Waals surface area contributed by atoms with Crippen molar-refractivity contribution in [3.05, 3.63) is 23.8 Å². The summed E-state index contributed by atoms with van der Waals surface area (Å²) in [5, 5.41) is 6.35. The molecule has 6 heteroatoms. The minimum absolute atomic E-state index is 0. The highest BCUT2D eigenvalue weighted by Gasteiger charge is 2.16. The Morgan fingerprint density at radius 2 is 2.19 bits per heavy atom. The van der Waals surface area contributed by atoms with E-state index in [1.54, 1.807) is 32.4 Å². The highest BCUT2D eigenvalue weighted by molar-refractivity contribution is 5.97. The normalized spacial score (nSPS) is 17.0. The van der Waals surface area contributed by atoms with Gasteiger partial charge in [-0.3, -0.25) is 4.79 Å². The molecule has 1 aliphatic heterocycles. The van der Waals surface area contributed by atoms with E-state index in [9.17, 15) is 4.79 Å². The number of hydrogen-bond acceptors (Lipinski definition) is 4. The summed E-state index contributed by atoms with van der Waals surface area (Å²) in [6, 6.07) is 5.74. The maximum absolute atomic E-state index is 12.2. The first-order valence-electron chi connectivity index (χ1n) is 6.98. The van der Waals surface area contributed by atoms with Gasteiger partial charge in [0.15, 0.2) is 0 Å². The van der Waals surface area contributed by atoms with Crippen LogP contribution < -0.4 is 20.1 Å². The molecular formula is C15H23ClN2O3. The standard InChI is InChI=1S/C15H22N2O3.ClH/c1-19-12-5-6-14(20-2)13(10-12)15(18)17-9-7-11-4-3-8-16-11;/h5-6,10-11,16H,3-4,7-9H2,1-2H3,(H,17,18);1H/t11-;/m1./s1. The lowest BCUT2D eigenvalue weighted by Gasteiger charge is -2.13. The van der Waals surface area contributed by atoms with Crippen molar-refractivity contribution in [3.8, 4) is 11.5 Å². The highest BCUT2D eigenvalue weighted by Crippen LogP contribution is 2.23. The largest absolute Gasteiger partial charge is 0.497 e. The Balaban J connectivity index is 0.00000220. The van der Waals surface area contributed by atoms with Crippen molar-refractivity contribution in [2.24, 2.45) is 0 Å². The molecule has 0 radical (unpaired) electrons.